The van der Waals surface area contributed by atoms with Crippen molar-refractivity contribution < 1.29 is 7.86 Å². The highest BCUT2D eigenvalue weighted by atomic mass is 127. The summed E-state index contributed by atoms with van der Waals surface area (Å²) in [5, 5.41) is 7.24. The molecule has 0 aliphatic heterocycles. The van der Waals surface area contributed by atoms with Crippen LogP contribution < -0.4 is 8.38 Å². The summed E-state index contributed by atoms with van der Waals surface area (Å²) in [4.78, 5) is 12.1. The van der Waals surface area contributed by atoms with Crippen molar-refractivity contribution in [1.82, 2.24) is 15.1 Å². The van der Waals surface area contributed by atoms with Crippen LogP contribution in [-0.2, 0) is 13.6 Å². The topological polar surface area (TPSA) is 56.2 Å². The molecule has 1 amide bonds. The number of nitrogens with one attached hydrogen (secondary N) is 1. The lowest BCUT2D eigenvalue weighted by Gasteiger charge is -2.06. The van der Waals surface area contributed by atoms with E-state index in [4.69, 9.17) is 3.07 Å². The highest BCUT2D eigenvalue weighted by molar-refractivity contribution is 14.1. The number of aryl methyl sites for hydroxylation is 2. The van der Waals surface area contributed by atoms with E-state index in [1.807, 2.05) is 25.6 Å². The van der Waals surface area contributed by atoms with Crippen LogP contribution in [-0.4, -0.2) is 15.7 Å². The maximum Gasteiger partial charge on any atom is 0.251 e. The second-order valence-corrected chi connectivity index (χ2v) is 5.00. The van der Waals surface area contributed by atoms with E-state index >= 15 is 0 Å². The summed E-state index contributed by atoms with van der Waals surface area (Å²) >= 11 is 1.81. The van der Waals surface area contributed by atoms with Gasteiger partial charge in [-0.05, 0) is 38.1 Å². The van der Waals surface area contributed by atoms with Gasteiger partial charge in [0, 0.05) is 30.4 Å². The number of hydrogen-bond acceptors (Lipinski definition) is 3. The highest BCUT2D eigenvalue weighted by Crippen LogP contribution is 2.15. The van der Waals surface area contributed by atoms with Crippen LogP contribution in [0.2, 0.25) is 0 Å². The van der Waals surface area contributed by atoms with Crippen LogP contribution in [0.25, 0.3) is 0 Å². The monoisotopic (exact) mass is 385 g/mol. The number of carbonyl (C=O) groups excluding carboxylic acids is 1. The fourth-order valence-electron chi connectivity index (χ4n) is 2.00. The van der Waals surface area contributed by atoms with Crippen molar-refractivity contribution >= 4 is 28.9 Å². The molecule has 106 valence electrons. The van der Waals surface area contributed by atoms with Gasteiger partial charge in [-0.3, -0.25) is 9.48 Å². The molecule has 0 bridgehead atoms. The van der Waals surface area contributed by atoms with Gasteiger partial charge >= 0.3 is 0 Å². The quantitative estimate of drug-likeness (QED) is 0.824. The van der Waals surface area contributed by atoms with Gasteiger partial charge in [0.05, 0.1) is 5.69 Å². The average Bonchev–Trinajstić information content (AvgIpc) is 2.70. The number of nitrogens with zero attached hydrogens (tertiary/aromatic N) is 2. The van der Waals surface area contributed by atoms with Crippen LogP contribution in [0, 0.1) is 13.8 Å². The molecule has 0 saturated heterocycles. The summed E-state index contributed by atoms with van der Waals surface area (Å²) in [5.74, 6) is 0.619. The van der Waals surface area contributed by atoms with E-state index in [1.54, 1.807) is 47.3 Å². The lowest BCUT2D eigenvalue weighted by molar-refractivity contribution is 0.0951. The molecule has 0 aliphatic rings. The molecular weight excluding hydrogens is 369 g/mol. The number of hydrogen-bond donors (Lipinski definition) is 1. The van der Waals surface area contributed by atoms with Crippen LogP contribution in [0.4, 0.5) is 0 Å². The molecule has 1 aromatic heterocycles. The molecular formula is C14H16IN3O2. The van der Waals surface area contributed by atoms with Gasteiger partial charge in [-0.1, -0.05) is 0 Å². The zero-order chi connectivity index (χ0) is 14.7. The predicted molar refractivity (Wildman–Crippen MR) is 84.9 cm³/mol. The first-order valence-corrected chi connectivity index (χ1v) is 7.07. The second kappa shape index (κ2) is 6.25. The maximum absolute atomic E-state index is 12.1. The summed E-state index contributed by atoms with van der Waals surface area (Å²) < 4.78 is 6.86. The van der Waals surface area contributed by atoms with Gasteiger partial charge in [-0.2, -0.15) is 5.10 Å². The van der Waals surface area contributed by atoms with Crippen LogP contribution in [0.1, 0.15) is 27.3 Å². The molecule has 6 heteroatoms. The van der Waals surface area contributed by atoms with E-state index in [0.29, 0.717) is 12.1 Å². The van der Waals surface area contributed by atoms with Crippen molar-refractivity contribution in [3.63, 3.8) is 0 Å². The van der Waals surface area contributed by atoms with Gasteiger partial charge in [0.1, 0.15) is 5.75 Å². The smallest absolute Gasteiger partial charge is 0.251 e. The fraction of sp³-hybridized carbons (Fsp3) is 0.286. The molecule has 0 spiro atoms. The summed E-state index contributed by atoms with van der Waals surface area (Å²) in [6.45, 7) is 4.42. The van der Waals surface area contributed by atoms with E-state index < -0.39 is 0 Å². The molecule has 0 fully saturated rings. The Morgan fingerprint density at radius 3 is 2.50 bits per heavy atom. The molecule has 1 aromatic carbocycles. The number of aromatic nitrogens is 2. The Kier molecular flexibility index (Phi) is 4.64. The second-order valence-electron chi connectivity index (χ2n) is 4.56. The van der Waals surface area contributed by atoms with E-state index in [1.165, 1.54) is 0 Å². The first-order valence-electron chi connectivity index (χ1n) is 6.19. The maximum atomic E-state index is 12.1. The third-order valence-corrected chi connectivity index (χ3v) is 3.80. The third kappa shape index (κ3) is 3.12. The van der Waals surface area contributed by atoms with Crippen LogP contribution >= 0.6 is 23.0 Å². The van der Waals surface area contributed by atoms with Gasteiger partial charge in [0.2, 0.25) is 0 Å². The number of amides is 1. The van der Waals surface area contributed by atoms with E-state index in [2.05, 4.69) is 10.4 Å². The highest BCUT2D eigenvalue weighted by Gasteiger charge is 2.11. The van der Waals surface area contributed by atoms with Gasteiger partial charge in [0.25, 0.3) is 5.91 Å². The van der Waals surface area contributed by atoms with Crippen molar-refractivity contribution in [2.24, 2.45) is 7.05 Å². The zero-order valence-corrected chi connectivity index (χ0v) is 13.8. The van der Waals surface area contributed by atoms with Crippen molar-refractivity contribution in [1.29, 1.82) is 0 Å². The Bertz CT molecular complexity index is 620. The van der Waals surface area contributed by atoms with Crippen molar-refractivity contribution in [2.75, 3.05) is 0 Å². The predicted octanol–water partition coefficient (Wildman–Crippen LogP) is 2.70. The number of halogens is 1. The fourth-order valence-corrected chi connectivity index (χ4v) is 2.30. The van der Waals surface area contributed by atoms with Gasteiger partial charge in [-0.15, -0.1) is 0 Å². The minimum absolute atomic E-state index is 0.104. The van der Waals surface area contributed by atoms with E-state index in [0.717, 1.165) is 22.7 Å². The molecule has 0 unspecified atom stereocenters. The Morgan fingerprint density at radius 1 is 1.35 bits per heavy atom. The summed E-state index contributed by atoms with van der Waals surface area (Å²) in [5.41, 5.74) is 3.69. The Labute approximate surface area is 132 Å². The summed E-state index contributed by atoms with van der Waals surface area (Å²) in [7, 11) is 1.90. The Balaban J connectivity index is 2.04. The molecule has 2 aromatic rings. The molecule has 0 aliphatic carbocycles. The zero-order valence-electron chi connectivity index (χ0n) is 11.6. The minimum atomic E-state index is -0.104. The van der Waals surface area contributed by atoms with Gasteiger partial charge in [0.15, 0.2) is 23.0 Å². The van der Waals surface area contributed by atoms with Crippen LogP contribution in [0.5, 0.6) is 5.75 Å². The standard InChI is InChI=1S/C14H16IN3O2/c1-9-13(10(2)18(3)17-9)8-16-14(19)11-4-6-12(20-15)7-5-11/h4-7H,8H2,1-3H3,(H,16,19). The minimum Gasteiger partial charge on any atom is -0.428 e. The average molecular weight is 385 g/mol. The van der Waals surface area contributed by atoms with Crippen LogP contribution in [0.3, 0.4) is 0 Å². The normalized spacial score (nSPS) is 10.4. The Hall–Kier alpha value is -1.57. The summed E-state index contributed by atoms with van der Waals surface area (Å²) in [6, 6.07) is 7.02. The van der Waals surface area contributed by atoms with Crippen molar-refractivity contribution in [2.45, 2.75) is 20.4 Å². The van der Waals surface area contributed by atoms with Gasteiger partial charge in [-0.25, -0.2) is 0 Å². The van der Waals surface area contributed by atoms with Gasteiger partial charge < -0.3 is 8.38 Å². The molecule has 2 rings (SSSR count). The van der Waals surface area contributed by atoms with Crippen molar-refractivity contribution in [3.05, 3.63) is 46.8 Å². The SMILES string of the molecule is Cc1nn(C)c(C)c1CNC(=O)c1ccc(OI)cc1. The molecule has 20 heavy (non-hydrogen) atoms. The molecule has 1 N–H and O–H groups in total. The lowest BCUT2D eigenvalue weighted by Crippen LogP contribution is -2.23. The summed E-state index contributed by atoms with van der Waals surface area (Å²) in [6.07, 6.45) is 0. The first kappa shape index (κ1) is 14.8. The Morgan fingerprint density at radius 2 is 2.00 bits per heavy atom. The first-order chi connectivity index (χ1) is 9.52. The number of benzene rings is 1. The molecule has 0 radical (unpaired) electrons. The molecule has 0 saturated carbocycles. The lowest BCUT2D eigenvalue weighted by atomic mass is 10.1. The molecule has 1 heterocycles. The van der Waals surface area contributed by atoms with Crippen LogP contribution in [0.15, 0.2) is 24.3 Å². The molecule has 5 nitrogen and oxygen atoms in total. The van der Waals surface area contributed by atoms with E-state index in [-0.39, 0.29) is 5.91 Å². The van der Waals surface area contributed by atoms with E-state index in [9.17, 15) is 4.79 Å². The third-order valence-electron chi connectivity index (χ3n) is 3.29. The largest absolute Gasteiger partial charge is 0.428 e. The number of rotatable bonds is 4. The van der Waals surface area contributed by atoms with Crippen molar-refractivity contribution in [3.8, 4) is 5.75 Å². The number of carbonyl (C=O) groups is 1. The molecule has 0 atom stereocenters.